The topological polar surface area (TPSA) is 114 Å². The molecule has 0 fully saturated rings. The van der Waals surface area contributed by atoms with Crippen LogP contribution in [0.25, 0.3) is 22.3 Å². The summed E-state index contributed by atoms with van der Waals surface area (Å²) in [6.07, 6.45) is 0. The number of esters is 2. The summed E-state index contributed by atoms with van der Waals surface area (Å²) in [7, 11) is -2.20. The highest BCUT2D eigenvalue weighted by Gasteiger charge is 2.18. The molecule has 0 saturated carbocycles. The predicted octanol–water partition coefficient (Wildman–Crippen LogP) is 7.44. The normalized spacial score (nSPS) is 11.1. The van der Waals surface area contributed by atoms with E-state index >= 15 is 0 Å². The number of hydrogen-bond donors (Lipinski definition) is 0. The minimum absolute atomic E-state index is 0.105. The third-order valence-electron chi connectivity index (χ3n) is 7.76. The minimum Gasteiger partial charge on any atom is -0.496 e. The molecule has 4 rings (SSSR count). The summed E-state index contributed by atoms with van der Waals surface area (Å²) in [4.78, 5) is 23.4. The van der Waals surface area contributed by atoms with Crippen molar-refractivity contribution >= 4 is 21.8 Å². The van der Waals surface area contributed by atoms with Gasteiger partial charge in [-0.05, 0) is 96.6 Å². The van der Waals surface area contributed by atoms with Gasteiger partial charge in [-0.15, -0.1) is 0 Å². The number of rotatable bonds is 17. The lowest BCUT2D eigenvalue weighted by Crippen LogP contribution is -2.11. The molecule has 262 valence electrons. The van der Waals surface area contributed by atoms with E-state index in [1.54, 1.807) is 69.5 Å². The maximum absolute atomic E-state index is 13.5. The number of hydrogen-bond acceptors (Lipinski definition) is 9. The maximum Gasteiger partial charge on any atom is 0.333 e. The molecule has 4 aromatic rings. The van der Waals surface area contributed by atoms with Gasteiger partial charge >= 0.3 is 11.9 Å². The zero-order valence-corrected chi connectivity index (χ0v) is 29.6. The monoisotopic (exact) mass is 698 g/mol. The molecule has 10 heteroatoms. The van der Waals surface area contributed by atoms with Crippen molar-refractivity contribution in [1.29, 1.82) is 0 Å². The quantitative estimate of drug-likeness (QED) is 0.0631. The second-order valence-corrected chi connectivity index (χ2v) is 13.6. The van der Waals surface area contributed by atoms with E-state index in [0.717, 1.165) is 38.9 Å². The number of aryl methyl sites for hydroxylation is 1. The predicted molar refractivity (Wildman–Crippen MR) is 191 cm³/mol. The van der Waals surface area contributed by atoms with Crippen LogP contribution < -0.4 is 4.74 Å². The van der Waals surface area contributed by atoms with Gasteiger partial charge in [-0.25, -0.2) is 18.0 Å². The molecule has 0 unspecified atom stereocenters. The largest absolute Gasteiger partial charge is 0.496 e. The lowest BCUT2D eigenvalue weighted by Gasteiger charge is -2.13. The van der Waals surface area contributed by atoms with Crippen LogP contribution in [0, 0.1) is 6.92 Å². The third-order valence-corrected chi connectivity index (χ3v) is 9.54. The van der Waals surface area contributed by atoms with E-state index in [-0.39, 0.29) is 42.8 Å². The van der Waals surface area contributed by atoms with Crippen molar-refractivity contribution in [3.05, 3.63) is 126 Å². The van der Waals surface area contributed by atoms with Crippen LogP contribution in [0.5, 0.6) is 5.75 Å². The fourth-order valence-electron chi connectivity index (χ4n) is 4.86. The van der Waals surface area contributed by atoms with Crippen molar-refractivity contribution < 1.29 is 41.7 Å². The van der Waals surface area contributed by atoms with E-state index in [9.17, 15) is 18.0 Å². The van der Waals surface area contributed by atoms with E-state index in [1.165, 1.54) is 0 Å². The van der Waals surface area contributed by atoms with Crippen LogP contribution in [0.1, 0.15) is 30.5 Å². The lowest BCUT2D eigenvalue weighted by atomic mass is 10.0. The molecule has 0 saturated heterocycles. The zero-order valence-electron chi connectivity index (χ0n) is 28.8. The van der Waals surface area contributed by atoms with Gasteiger partial charge in [-0.2, -0.15) is 0 Å². The summed E-state index contributed by atoms with van der Waals surface area (Å²) in [6, 6.07) is 25.2. The number of sulfone groups is 1. The zero-order chi connectivity index (χ0) is 36.3. The molecule has 50 heavy (non-hydrogen) atoms. The SMILES string of the molecule is C=C(C)C(=O)OCCOCc1cc(-c2ccc(S(=O)(=O)c3ccc(-c4ccc(OC)c(COCCOC(=O)C(=C)C)c4)cc3)cc2)ccc1C. The van der Waals surface area contributed by atoms with Crippen molar-refractivity contribution in [2.75, 3.05) is 33.5 Å². The Hall–Kier alpha value is -5.03. The second kappa shape index (κ2) is 17.6. The second-order valence-electron chi connectivity index (χ2n) is 11.7. The lowest BCUT2D eigenvalue weighted by molar-refractivity contribution is -0.141. The van der Waals surface area contributed by atoms with Gasteiger partial charge in [-0.3, -0.25) is 0 Å². The maximum atomic E-state index is 13.5. The Labute approximate surface area is 294 Å². The molecule has 0 atom stereocenters. The fraction of sp³-hybridized carbons (Fsp3) is 0.250. The van der Waals surface area contributed by atoms with Crippen LogP contribution in [0.4, 0.5) is 0 Å². The van der Waals surface area contributed by atoms with E-state index in [0.29, 0.717) is 23.5 Å². The summed E-state index contributed by atoms with van der Waals surface area (Å²) in [5.41, 5.74) is 6.96. The molecular weight excluding hydrogens is 656 g/mol. The molecule has 0 heterocycles. The number of ether oxygens (including phenoxy) is 5. The van der Waals surface area contributed by atoms with Crippen molar-refractivity contribution in [3.8, 4) is 28.0 Å². The van der Waals surface area contributed by atoms with Crippen molar-refractivity contribution in [1.82, 2.24) is 0 Å². The molecule has 0 radical (unpaired) electrons. The summed E-state index contributed by atoms with van der Waals surface area (Å²) in [6.45, 7) is 13.5. The van der Waals surface area contributed by atoms with E-state index in [1.807, 2.05) is 43.3 Å². The molecule has 0 aliphatic rings. The Morgan fingerprint density at radius 1 is 0.600 bits per heavy atom. The van der Waals surface area contributed by atoms with Gasteiger partial charge in [0, 0.05) is 16.7 Å². The molecule has 0 aliphatic heterocycles. The first-order valence-electron chi connectivity index (χ1n) is 15.9. The Morgan fingerprint density at radius 3 is 1.48 bits per heavy atom. The van der Waals surface area contributed by atoms with E-state index in [4.69, 9.17) is 23.7 Å². The Balaban J connectivity index is 1.40. The summed E-state index contributed by atoms with van der Waals surface area (Å²) >= 11 is 0. The minimum atomic E-state index is -3.77. The van der Waals surface area contributed by atoms with Crippen LogP contribution >= 0.6 is 0 Å². The molecule has 4 aromatic carbocycles. The molecular formula is C40H42O9S. The summed E-state index contributed by atoms with van der Waals surface area (Å²) < 4.78 is 54.1. The number of carbonyl (C=O) groups excluding carboxylic acids is 2. The summed E-state index contributed by atoms with van der Waals surface area (Å²) in [5, 5.41) is 0. The molecule has 0 amide bonds. The Bertz CT molecular complexity index is 1940. The average molecular weight is 699 g/mol. The molecule has 0 spiro atoms. The standard InChI is InChI=1S/C40H42O9S/c1-27(2)39(41)48-21-19-46-25-34-23-32(8-7-29(34)5)30-9-14-36(15-10-30)50(43,44)37-16-11-31(12-17-37)33-13-18-38(45-6)35(24-33)26-47-20-22-49-40(42)28(3)4/h7-18,23-24H,1,3,19-22,25-26H2,2,4-6H3. The van der Waals surface area contributed by atoms with E-state index < -0.39 is 21.8 Å². The first-order valence-corrected chi connectivity index (χ1v) is 17.4. The fourth-order valence-corrected chi connectivity index (χ4v) is 6.12. The van der Waals surface area contributed by atoms with Gasteiger partial charge < -0.3 is 23.7 Å². The number of benzene rings is 4. The Kier molecular flexibility index (Phi) is 13.3. The Morgan fingerprint density at radius 2 is 1.02 bits per heavy atom. The highest BCUT2D eigenvalue weighted by Crippen LogP contribution is 2.31. The third kappa shape index (κ3) is 10.0. The van der Waals surface area contributed by atoms with Crippen LogP contribution in [0.15, 0.2) is 119 Å². The van der Waals surface area contributed by atoms with Gasteiger partial charge in [0.1, 0.15) is 19.0 Å². The smallest absolute Gasteiger partial charge is 0.333 e. The number of methoxy groups -OCH3 is 1. The van der Waals surface area contributed by atoms with Crippen LogP contribution in [0.2, 0.25) is 0 Å². The first-order chi connectivity index (χ1) is 23.9. The van der Waals surface area contributed by atoms with Crippen LogP contribution in [-0.4, -0.2) is 53.9 Å². The van der Waals surface area contributed by atoms with Crippen molar-refractivity contribution in [3.63, 3.8) is 0 Å². The molecule has 0 N–H and O–H groups in total. The highest BCUT2D eigenvalue weighted by atomic mass is 32.2. The molecule has 0 bridgehead atoms. The molecule has 0 aliphatic carbocycles. The molecule has 0 aromatic heterocycles. The first kappa shape index (κ1) is 37.8. The van der Waals surface area contributed by atoms with Crippen molar-refractivity contribution in [2.45, 2.75) is 43.8 Å². The molecule has 9 nitrogen and oxygen atoms in total. The van der Waals surface area contributed by atoms with Gasteiger partial charge in [0.2, 0.25) is 9.84 Å². The summed E-state index contributed by atoms with van der Waals surface area (Å²) in [5.74, 6) is -0.267. The van der Waals surface area contributed by atoms with Gasteiger partial charge in [0.05, 0.1) is 43.3 Å². The van der Waals surface area contributed by atoms with Crippen molar-refractivity contribution in [2.24, 2.45) is 0 Å². The number of carbonyl (C=O) groups is 2. The van der Waals surface area contributed by atoms with Gasteiger partial charge in [-0.1, -0.05) is 55.6 Å². The van der Waals surface area contributed by atoms with Gasteiger partial charge in [0.25, 0.3) is 0 Å². The van der Waals surface area contributed by atoms with E-state index in [2.05, 4.69) is 13.2 Å². The van der Waals surface area contributed by atoms with Gasteiger partial charge in [0.15, 0.2) is 0 Å². The van der Waals surface area contributed by atoms with Crippen LogP contribution in [0.3, 0.4) is 0 Å². The highest BCUT2D eigenvalue weighted by molar-refractivity contribution is 7.91. The van der Waals surface area contributed by atoms with Crippen LogP contribution in [-0.2, 0) is 51.6 Å². The average Bonchev–Trinajstić information content (AvgIpc) is 3.11.